The Labute approximate surface area is 151 Å². The van der Waals surface area contributed by atoms with Gasteiger partial charge < -0.3 is 0 Å². The molecule has 1 aromatic heterocycles. The highest BCUT2D eigenvalue weighted by Gasteiger charge is 2.66. The average Bonchev–Trinajstić information content (AvgIpc) is 2.86. The van der Waals surface area contributed by atoms with Crippen LogP contribution >= 0.6 is 31.9 Å². The molecule has 2 N–H and O–H groups in total. The van der Waals surface area contributed by atoms with E-state index >= 15 is 0 Å². The predicted octanol–water partition coefficient (Wildman–Crippen LogP) is 3.73. The molecule has 1 saturated carbocycles. The first-order valence-electron chi connectivity index (χ1n) is 7.15. The van der Waals surface area contributed by atoms with E-state index in [1.165, 1.54) is 5.56 Å². The standard InChI is InChI=1S/C16H16Br2N4O/c1-10-3-5-11(6-4-10)13-12(7-19-21-13)8-20-22-14(23)15(2)9-16(15,17)18/h3-8H,9H2,1-2H3,(H,19,21)(H,22,23)/b20-8+. The van der Waals surface area contributed by atoms with Crippen molar-refractivity contribution in [2.45, 2.75) is 23.5 Å². The Morgan fingerprint density at radius 2 is 2.04 bits per heavy atom. The zero-order chi connectivity index (χ0) is 16.7. The molecule has 1 heterocycles. The molecule has 1 amide bonds. The minimum atomic E-state index is -0.486. The molecule has 1 aliphatic carbocycles. The molecule has 120 valence electrons. The minimum Gasteiger partial charge on any atom is -0.277 e. The summed E-state index contributed by atoms with van der Waals surface area (Å²) in [7, 11) is 0. The molecule has 0 aliphatic heterocycles. The van der Waals surface area contributed by atoms with Gasteiger partial charge in [-0.05, 0) is 20.3 Å². The van der Waals surface area contributed by atoms with Gasteiger partial charge in [0.25, 0.3) is 0 Å². The number of aromatic nitrogens is 2. The van der Waals surface area contributed by atoms with Gasteiger partial charge in [0.05, 0.1) is 26.8 Å². The molecule has 1 aliphatic rings. The summed E-state index contributed by atoms with van der Waals surface area (Å²) in [5, 5.41) is 11.1. The smallest absolute Gasteiger partial charge is 0.248 e. The van der Waals surface area contributed by atoms with Crippen molar-refractivity contribution in [1.29, 1.82) is 0 Å². The van der Waals surface area contributed by atoms with Crippen LogP contribution < -0.4 is 5.43 Å². The molecule has 23 heavy (non-hydrogen) atoms. The molecule has 1 aromatic carbocycles. The highest BCUT2D eigenvalue weighted by Crippen LogP contribution is 2.66. The number of nitrogens with zero attached hydrogens (tertiary/aromatic N) is 2. The zero-order valence-electron chi connectivity index (χ0n) is 12.7. The first-order valence-corrected chi connectivity index (χ1v) is 8.74. The molecular formula is C16H16Br2N4O. The maximum absolute atomic E-state index is 12.2. The lowest BCUT2D eigenvalue weighted by Crippen LogP contribution is -2.29. The number of amides is 1. The van der Waals surface area contributed by atoms with Gasteiger partial charge in [-0.25, -0.2) is 5.43 Å². The summed E-state index contributed by atoms with van der Waals surface area (Å²) < 4.78 is -0.324. The van der Waals surface area contributed by atoms with Gasteiger partial charge in [0, 0.05) is 11.1 Å². The van der Waals surface area contributed by atoms with Gasteiger partial charge in [-0.15, -0.1) is 0 Å². The van der Waals surface area contributed by atoms with Crippen LogP contribution in [0.2, 0.25) is 0 Å². The monoisotopic (exact) mass is 438 g/mol. The molecule has 1 fully saturated rings. The molecule has 0 bridgehead atoms. The zero-order valence-corrected chi connectivity index (χ0v) is 15.9. The lowest BCUT2D eigenvalue weighted by Gasteiger charge is -2.09. The van der Waals surface area contributed by atoms with Crippen LogP contribution in [-0.2, 0) is 4.79 Å². The third kappa shape index (κ3) is 3.12. The molecule has 0 saturated heterocycles. The SMILES string of the molecule is Cc1ccc(-c2[nH]ncc2/C=N/NC(=O)C2(C)CC2(Br)Br)cc1. The van der Waals surface area contributed by atoms with Gasteiger partial charge in [-0.2, -0.15) is 10.2 Å². The van der Waals surface area contributed by atoms with Crippen LogP contribution in [-0.4, -0.2) is 25.6 Å². The maximum Gasteiger partial charge on any atom is 0.248 e. The number of carbonyl (C=O) groups excluding carboxylic acids is 1. The lowest BCUT2D eigenvalue weighted by molar-refractivity contribution is -0.125. The first kappa shape index (κ1) is 16.4. The summed E-state index contributed by atoms with van der Waals surface area (Å²) in [5.74, 6) is -0.122. The Morgan fingerprint density at radius 3 is 2.65 bits per heavy atom. The number of benzene rings is 1. The van der Waals surface area contributed by atoms with Crippen molar-refractivity contribution >= 4 is 44.0 Å². The van der Waals surface area contributed by atoms with Crippen molar-refractivity contribution in [1.82, 2.24) is 15.6 Å². The van der Waals surface area contributed by atoms with E-state index < -0.39 is 5.41 Å². The molecule has 0 radical (unpaired) electrons. The number of aryl methyl sites for hydroxylation is 1. The second-order valence-corrected chi connectivity index (χ2v) is 9.75. The first-order chi connectivity index (χ1) is 10.8. The van der Waals surface area contributed by atoms with Crippen molar-refractivity contribution in [2.75, 3.05) is 0 Å². The molecule has 2 aromatic rings. The van der Waals surface area contributed by atoms with Crippen molar-refractivity contribution in [3.05, 3.63) is 41.6 Å². The fraction of sp³-hybridized carbons (Fsp3) is 0.312. The lowest BCUT2D eigenvalue weighted by atomic mass is 10.1. The quantitative estimate of drug-likeness (QED) is 0.432. The molecular weight excluding hydrogens is 424 g/mol. The summed E-state index contributed by atoms with van der Waals surface area (Å²) in [6.07, 6.45) is 4.01. The van der Waals surface area contributed by atoms with E-state index in [1.807, 2.05) is 38.1 Å². The Kier molecular flexibility index (Phi) is 4.18. The summed E-state index contributed by atoms with van der Waals surface area (Å²) >= 11 is 6.95. The van der Waals surface area contributed by atoms with Gasteiger partial charge in [0.2, 0.25) is 5.91 Å². The average molecular weight is 440 g/mol. The van der Waals surface area contributed by atoms with E-state index in [9.17, 15) is 4.79 Å². The van der Waals surface area contributed by atoms with E-state index in [-0.39, 0.29) is 9.14 Å². The fourth-order valence-corrected chi connectivity index (χ4v) is 3.76. The van der Waals surface area contributed by atoms with E-state index in [4.69, 9.17) is 0 Å². The molecule has 7 heteroatoms. The summed E-state index contributed by atoms with van der Waals surface area (Å²) in [6, 6.07) is 8.12. The third-order valence-corrected chi connectivity index (χ3v) is 6.45. The number of halogens is 2. The predicted molar refractivity (Wildman–Crippen MR) is 97.8 cm³/mol. The Morgan fingerprint density at radius 1 is 1.39 bits per heavy atom. The van der Waals surface area contributed by atoms with Crippen LogP contribution in [0.15, 0.2) is 35.6 Å². The summed E-state index contributed by atoms with van der Waals surface area (Å²) in [5.41, 5.74) is 6.02. The van der Waals surface area contributed by atoms with E-state index in [2.05, 4.69) is 52.6 Å². The number of hydrazone groups is 1. The number of aromatic amines is 1. The number of alkyl halides is 2. The van der Waals surface area contributed by atoms with Crippen molar-refractivity contribution in [3.63, 3.8) is 0 Å². The van der Waals surface area contributed by atoms with Crippen LogP contribution in [0.1, 0.15) is 24.5 Å². The van der Waals surface area contributed by atoms with Gasteiger partial charge in [0.1, 0.15) is 0 Å². The number of nitrogens with one attached hydrogen (secondary N) is 2. The molecule has 5 nitrogen and oxygen atoms in total. The van der Waals surface area contributed by atoms with Crippen LogP contribution in [0, 0.1) is 12.3 Å². The van der Waals surface area contributed by atoms with Crippen molar-refractivity contribution in [2.24, 2.45) is 10.5 Å². The maximum atomic E-state index is 12.2. The molecule has 1 unspecified atom stereocenters. The third-order valence-electron chi connectivity index (χ3n) is 4.14. The number of rotatable bonds is 4. The highest BCUT2D eigenvalue weighted by atomic mass is 79.9. The topological polar surface area (TPSA) is 70.1 Å². The molecule has 0 spiro atoms. The van der Waals surface area contributed by atoms with Gasteiger partial charge in [0.15, 0.2) is 0 Å². The number of hydrogen-bond acceptors (Lipinski definition) is 3. The number of H-pyrrole nitrogens is 1. The second kappa shape index (κ2) is 5.87. The van der Waals surface area contributed by atoms with Gasteiger partial charge in [-0.1, -0.05) is 61.7 Å². The largest absolute Gasteiger partial charge is 0.277 e. The van der Waals surface area contributed by atoms with Crippen molar-refractivity contribution in [3.8, 4) is 11.3 Å². The normalized spacial score (nSPS) is 22.3. The molecule has 3 rings (SSSR count). The Hall–Kier alpha value is -1.47. The van der Waals surface area contributed by atoms with Crippen LogP contribution in [0.5, 0.6) is 0 Å². The Bertz CT molecular complexity index is 767. The van der Waals surface area contributed by atoms with E-state index in [0.29, 0.717) is 0 Å². The van der Waals surface area contributed by atoms with Crippen LogP contribution in [0.4, 0.5) is 0 Å². The molecule has 1 atom stereocenters. The van der Waals surface area contributed by atoms with Gasteiger partial charge in [-0.3, -0.25) is 9.89 Å². The fourth-order valence-electron chi connectivity index (χ4n) is 2.27. The summed E-state index contributed by atoms with van der Waals surface area (Å²) in [4.78, 5) is 12.2. The van der Waals surface area contributed by atoms with E-state index in [1.54, 1.807) is 12.4 Å². The van der Waals surface area contributed by atoms with E-state index in [0.717, 1.165) is 23.2 Å². The second-order valence-electron chi connectivity index (χ2n) is 5.98. The number of carbonyl (C=O) groups is 1. The van der Waals surface area contributed by atoms with Crippen LogP contribution in [0.3, 0.4) is 0 Å². The summed E-state index contributed by atoms with van der Waals surface area (Å²) in [6.45, 7) is 3.93. The number of hydrogen-bond donors (Lipinski definition) is 2. The van der Waals surface area contributed by atoms with Crippen LogP contribution in [0.25, 0.3) is 11.3 Å². The highest BCUT2D eigenvalue weighted by molar-refractivity contribution is 9.25. The minimum absolute atomic E-state index is 0.122. The van der Waals surface area contributed by atoms with Gasteiger partial charge >= 0.3 is 0 Å². The van der Waals surface area contributed by atoms with Crippen molar-refractivity contribution < 1.29 is 4.79 Å². The Balaban J connectivity index is 1.71.